The zero-order valence-corrected chi connectivity index (χ0v) is 37.6. The highest BCUT2D eigenvalue weighted by Gasteiger charge is 2.19. The van der Waals surface area contributed by atoms with Crippen molar-refractivity contribution in [3.05, 3.63) is 0 Å². The summed E-state index contributed by atoms with van der Waals surface area (Å²) in [7, 11) is 0. The van der Waals surface area contributed by atoms with Crippen LogP contribution in [-0.2, 0) is 28.6 Å². The third-order valence-corrected chi connectivity index (χ3v) is 11.7. The maximum Gasteiger partial charge on any atom is 0.306 e. The highest BCUT2D eigenvalue weighted by molar-refractivity contribution is 5.71. The predicted molar refractivity (Wildman–Crippen MR) is 233 cm³/mol. The molecule has 6 heteroatoms. The minimum atomic E-state index is -0.760. The van der Waals surface area contributed by atoms with Crippen LogP contribution in [0.1, 0.15) is 266 Å². The van der Waals surface area contributed by atoms with Crippen LogP contribution in [0.5, 0.6) is 0 Å². The van der Waals surface area contributed by atoms with Crippen LogP contribution in [0.3, 0.4) is 0 Å². The smallest absolute Gasteiger partial charge is 0.306 e. The van der Waals surface area contributed by atoms with E-state index in [1.54, 1.807) is 0 Å². The van der Waals surface area contributed by atoms with Gasteiger partial charge in [-0.3, -0.25) is 14.4 Å². The molecular weight excluding hydrogens is 685 g/mol. The second kappa shape index (κ2) is 42.0. The van der Waals surface area contributed by atoms with E-state index in [4.69, 9.17) is 14.2 Å². The van der Waals surface area contributed by atoms with Crippen molar-refractivity contribution in [1.29, 1.82) is 0 Å². The van der Waals surface area contributed by atoms with E-state index in [0.29, 0.717) is 19.3 Å². The Balaban J connectivity index is 4.32. The number of hydrogen-bond acceptors (Lipinski definition) is 6. The SMILES string of the molecule is CCCCCCCCCCCC(=O)OC[C@@H](COC(=O)CCCCCCCCCCCCC(C)CC)OC(=O)CCCCCCCCCCCCC(C)CC. The fourth-order valence-electron chi connectivity index (χ4n) is 7.22. The topological polar surface area (TPSA) is 78.9 Å². The summed E-state index contributed by atoms with van der Waals surface area (Å²) in [4.78, 5) is 37.8. The fourth-order valence-corrected chi connectivity index (χ4v) is 7.22. The van der Waals surface area contributed by atoms with Gasteiger partial charge < -0.3 is 14.2 Å². The summed E-state index contributed by atoms with van der Waals surface area (Å²) in [6.07, 6.45) is 40.7. The number of hydrogen-bond donors (Lipinski definition) is 0. The monoisotopic (exact) mass is 779 g/mol. The Morgan fingerprint density at radius 1 is 0.364 bits per heavy atom. The maximum atomic E-state index is 12.7. The van der Waals surface area contributed by atoms with Crippen LogP contribution < -0.4 is 0 Å². The van der Waals surface area contributed by atoms with Gasteiger partial charge in [0.05, 0.1) is 0 Å². The van der Waals surface area contributed by atoms with E-state index in [0.717, 1.165) is 69.6 Å². The highest BCUT2D eigenvalue weighted by Crippen LogP contribution is 2.18. The quantitative estimate of drug-likeness (QED) is 0.0348. The zero-order chi connectivity index (χ0) is 40.5. The molecule has 0 fully saturated rings. The van der Waals surface area contributed by atoms with Crippen LogP contribution in [0.4, 0.5) is 0 Å². The summed E-state index contributed by atoms with van der Waals surface area (Å²) >= 11 is 0. The molecular formula is C49H94O6. The molecule has 0 bridgehead atoms. The molecule has 0 amide bonds. The summed E-state index contributed by atoms with van der Waals surface area (Å²) < 4.78 is 16.7. The highest BCUT2D eigenvalue weighted by atomic mass is 16.6. The molecule has 6 nitrogen and oxygen atoms in total. The van der Waals surface area contributed by atoms with Gasteiger partial charge in [-0.25, -0.2) is 0 Å². The molecule has 326 valence electrons. The predicted octanol–water partition coefficient (Wildman–Crippen LogP) is 15.4. The largest absolute Gasteiger partial charge is 0.462 e. The molecule has 0 aromatic rings. The van der Waals surface area contributed by atoms with Gasteiger partial charge in [0.1, 0.15) is 13.2 Å². The lowest BCUT2D eigenvalue weighted by molar-refractivity contribution is -0.167. The molecule has 3 atom stereocenters. The molecule has 0 radical (unpaired) electrons. The molecule has 0 saturated heterocycles. The van der Waals surface area contributed by atoms with Crippen molar-refractivity contribution in [1.82, 2.24) is 0 Å². The van der Waals surface area contributed by atoms with Gasteiger partial charge in [0, 0.05) is 19.3 Å². The Bertz CT molecular complexity index is 843. The third-order valence-electron chi connectivity index (χ3n) is 11.7. The van der Waals surface area contributed by atoms with Gasteiger partial charge >= 0.3 is 17.9 Å². The summed E-state index contributed by atoms with van der Waals surface area (Å²) in [5, 5.41) is 0. The van der Waals surface area contributed by atoms with Crippen molar-refractivity contribution in [3.8, 4) is 0 Å². The van der Waals surface area contributed by atoms with Crippen molar-refractivity contribution in [2.45, 2.75) is 272 Å². The van der Waals surface area contributed by atoms with Crippen LogP contribution in [0.2, 0.25) is 0 Å². The second-order valence-corrected chi connectivity index (χ2v) is 17.2. The van der Waals surface area contributed by atoms with Gasteiger partial charge in [-0.05, 0) is 31.1 Å². The first kappa shape index (κ1) is 53.4. The Labute approximate surface area is 342 Å². The van der Waals surface area contributed by atoms with Crippen LogP contribution in [-0.4, -0.2) is 37.2 Å². The number of carbonyl (C=O) groups is 3. The molecule has 0 N–H and O–H groups in total. The summed E-state index contributed by atoms with van der Waals surface area (Å²) in [5.74, 6) is 0.881. The van der Waals surface area contributed by atoms with Gasteiger partial charge in [-0.1, -0.05) is 227 Å². The number of ether oxygens (including phenoxy) is 3. The average Bonchev–Trinajstić information content (AvgIpc) is 3.18. The fraction of sp³-hybridized carbons (Fsp3) is 0.939. The van der Waals surface area contributed by atoms with Crippen LogP contribution >= 0.6 is 0 Å². The lowest BCUT2D eigenvalue weighted by Gasteiger charge is -2.18. The number of esters is 3. The Hall–Kier alpha value is -1.59. The van der Waals surface area contributed by atoms with Crippen molar-refractivity contribution in [3.63, 3.8) is 0 Å². The molecule has 2 unspecified atom stereocenters. The first-order valence-corrected chi connectivity index (χ1v) is 24.3. The zero-order valence-electron chi connectivity index (χ0n) is 37.6. The Morgan fingerprint density at radius 2 is 0.636 bits per heavy atom. The summed E-state index contributed by atoms with van der Waals surface area (Å²) in [6, 6.07) is 0. The molecule has 0 spiro atoms. The molecule has 0 aliphatic rings. The number of carbonyl (C=O) groups excluding carboxylic acids is 3. The Kier molecular flexibility index (Phi) is 40.8. The summed E-state index contributed by atoms with van der Waals surface area (Å²) in [5.41, 5.74) is 0. The number of unbranched alkanes of at least 4 members (excludes halogenated alkanes) is 26. The molecule has 0 aromatic carbocycles. The standard InChI is InChI=1S/C49H94O6/c1-6-9-10-11-12-17-24-29-34-39-47(50)53-42-46(55-49(52)41-36-31-26-21-16-14-19-23-28-33-38-45(5)8-3)43-54-48(51)40-35-30-25-20-15-13-18-22-27-32-37-44(4)7-2/h44-46H,6-43H2,1-5H3/t44?,45?,46-/m0/s1. The van der Waals surface area contributed by atoms with Gasteiger partial charge in [-0.2, -0.15) is 0 Å². The van der Waals surface area contributed by atoms with Gasteiger partial charge in [0.15, 0.2) is 6.10 Å². The van der Waals surface area contributed by atoms with Crippen LogP contribution in [0.25, 0.3) is 0 Å². The third kappa shape index (κ3) is 40.4. The van der Waals surface area contributed by atoms with E-state index in [-0.39, 0.29) is 31.1 Å². The molecule has 55 heavy (non-hydrogen) atoms. The van der Waals surface area contributed by atoms with E-state index >= 15 is 0 Å². The van der Waals surface area contributed by atoms with E-state index in [9.17, 15) is 14.4 Å². The first-order valence-electron chi connectivity index (χ1n) is 24.3. The molecule has 0 aromatic heterocycles. The minimum absolute atomic E-state index is 0.0646. The normalized spacial score (nSPS) is 13.0. The summed E-state index contributed by atoms with van der Waals surface area (Å²) in [6.45, 7) is 11.4. The van der Waals surface area contributed by atoms with E-state index in [2.05, 4.69) is 34.6 Å². The molecule has 0 saturated carbocycles. The Morgan fingerprint density at radius 3 is 0.945 bits per heavy atom. The lowest BCUT2D eigenvalue weighted by Crippen LogP contribution is -2.30. The van der Waals surface area contributed by atoms with Crippen molar-refractivity contribution < 1.29 is 28.6 Å². The van der Waals surface area contributed by atoms with Gasteiger partial charge in [0.25, 0.3) is 0 Å². The van der Waals surface area contributed by atoms with Gasteiger partial charge in [-0.15, -0.1) is 0 Å². The second-order valence-electron chi connectivity index (χ2n) is 17.2. The van der Waals surface area contributed by atoms with Crippen molar-refractivity contribution in [2.75, 3.05) is 13.2 Å². The lowest BCUT2D eigenvalue weighted by atomic mass is 9.99. The average molecular weight is 779 g/mol. The van der Waals surface area contributed by atoms with Crippen molar-refractivity contribution >= 4 is 17.9 Å². The van der Waals surface area contributed by atoms with Crippen LogP contribution in [0, 0.1) is 11.8 Å². The minimum Gasteiger partial charge on any atom is -0.462 e. The van der Waals surface area contributed by atoms with E-state index in [1.807, 2.05) is 0 Å². The first-order chi connectivity index (χ1) is 26.8. The molecule has 0 heterocycles. The van der Waals surface area contributed by atoms with E-state index < -0.39 is 6.10 Å². The number of rotatable bonds is 43. The van der Waals surface area contributed by atoms with E-state index in [1.165, 1.54) is 154 Å². The molecule has 0 aliphatic carbocycles. The van der Waals surface area contributed by atoms with Gasteiger partial charge in [0.2, 0.25) is 0 Å². The van der Waals surface area contributed by atoms with Crippen LogP contribution in [0.15, 0.2) is 0 Å². The molecule has 0 aliphatic heterocycles. The van der Waals surface area contributed by atoms with Crippen molar-refractivity contribution in [2.24, 2.45) is 11.8 Å². The maximum absolute atomic E-state index is 12.7. The molecule has 0 rings (SSSR count).